The fourth-order valence-corrected chi connectivity index (χ4v) is 3.88. The molecule has 0 spiro atoms. The molecule has 7 nitrogen and oxygen atoms in total. The van der Waals surface area contributed by atoms with Crippen LogP contribution in [0.3, 0.4) is 0 Å². The Morgan fingerprint density at radius 3 is 2.80 bits per heavy atom. The van der Waals surface area contributed by atoms with Crippen LogP contribution in [0.1, 0.15) is 29.3 Å². The molecular weight excluding hydrogens is 400 g/mol. The van der Waals surface area contributed by atoms with Gasteiger partial charge < -0.3 is 9.64 Å². The third-order valence-corrected chi connectivity index (χ3v) is 5.62. The van der Waals surface area contributed by atoms with E-state index in [4.69, 9.17) is 16.3 Å². The number of nitrogens with zero attached hydrogens (tertiary/aromatic N) is 5. The summed E-state index contributed by atoms with van der Waals surface area (Å²) in [6.07, 6.45) is 5.71. The van der Waals surface area contributed by atoms with E-state index in [0.29, 0.717) is 23.3 Å². The van der Waals surface area contributed by atoms with Crippen molar-refractivity contribution in [1.82, 2.24) is 25.1 Å². The monoisotopic (exact) mass is 426 g/mol. The topological polar surface area (TPSA) is 70.2 Å². The summed E-state index contributed by atoms with van der Waals surface area (Å²) in [6, 6.07) is 9.70. The molecule has 1 saturated heterocycles. The van der Waals surface area contributed by atoms with Crippen LogP contribution in [0.25, 0.3) is 0 Å². The number of aromatic amines is 1. The van der Waals surface area contributed by atoms with Gasteiger partial charge in [0.05, 0.1) is 17.3 Å². The molecule has 0 saturated carbocycles. The standard InChI is InChI=1S/C22H27ClN6O/c1-28(2)22-24-12-16(13-25-22)14-29-9-7-17(15-29)20-11-18(26-27-20)8-10-30-21-6-4-3-5-19(21)23/h3-6,11-13,17H,7-10,14-15H2,1-2H3,(H,26,27)/t17-/m0/s1. The van der Waals surface area contributed by atoms with E-state index in [1.807, 2.05) is 55.7 Å². The molecule has 0 unspecified atom stereocenters. The van der Waals surface area contributed by atoms with Crippen LogP contribution in [0.15, 0.2) is 42.7 Å². The van der Waals surface area contributed by atoms with E-state index in [9.17, 15) is 0 Å². The van der Waals surface area contributed by atoms with E-state index in [0.717, 1.165) is 55.4 Å². The molecule has 4 rings (SSSR count). The van der Waals surface area contributed by atoms with Gasteiger partial charge in [0.2, 0.25) is 5.95 Å². The maximum atomic E-state index is 6.13. The number of anilines is 1. The van der Waals surface area contributed by atoms with Crippen molar-refractivity contribution in [3.63, 3.8) is 0 Å². The highest BCUT2D eigenvalue weighted by Crippen LogP contribution is 2.27. The number of halogens is 1. The van der Waals surface area contributed by atoms with Gasteiger partial charge in [-0.2, -0.15) is 5.10 Å². The Kier molecular flexibility index (Phi) is 6.50. The molecule has 3 heterocycles. The highest BCUT2D eigenvalue weighted by molar-refractivity contribution is 6.32. The van der Waals surface area contributed by atoms with Gasteiger partial charge in [-0.25, -0.2) is 9.97 Å². The van der Waals surface area contributed by atoms with Gasteiger partial charge in [0.15, 0.2) is 0 Å². The molecule has 1 atom stereocenters. The quantitative estimate of drug-likeness (QED) is 0.594. The molecule has 1 N–H and O–H groups in total. The molecular formula is C22H27ClN6O. The summed E-state index contributed by atoms with van der Waals surface area (Å²) in [6.45, 7) is 3.48. The number of H-pyrrole nitrogens is 1. The minimum absolute atomic E-state index is 0.446. The maximum Gasteiger partial charge on any atom is 0.224 e. The first-order valence-corrected chi connectivity index (χ1v) is 10.6. The van der Waals surface area contributed by atoms with Gasteiger partial charge in [0, 0.05) is 63.2 Å². The molecule has 3 aromatic rings. The van der Waals surface area contributed by atoms with E-state index in [-0.39, 0.29) is 0 Å². The van der Waals surface area contributed by atoms with Crippen LogP contribution in [0.5, 0.6) is 5.75 Å². The summed E-state index contributed by atoms with van der Waals surface area (Å²) >= 11 is 6.13. The Morgan fingerprint density at radius 2 is 2.03 bits per heavy atom. The fraction of sp³-hybridized carbons (Fsp3) is 0.409. The molecule has 1 aromatic carbocycles. The van der Waals surface area contributed by atoms with Crippen molar-refractivity contribution in [2.75, 3.05) is 38.7 Å². The number of hydrogen-bond acceptors (Lipinski definition) is 6. The Balaban J connectivity index is 1.26. The summed E-state index contributed by atoms with van der Waals surface area (Å²) in [5.74, 6) is 1.90. The van der Waals surface area contributed by atoms with Crippen molar-refractivity contribution >= 4 is 17.5 Å². The molecule has 1 aliphatic heterocycles. The molecule has 1 fully saturated rings. The van der Waals surface area contributed by atoms with E-state index in [2.05, 4.69) is 31.1 Å². The van der Waals surface area contributed by atoms with Crippen LogP contribution in [-0.4, -0.2) is 58.9 Å². The first-order chi connectivity index (χ1) is 14.6. The average molecular weight is 427 g/mol. The second-order valence-corrected chi connectivity index (χ2v) is 8.26. The van der Waals surface area contributed by atoms with Gasteiger partial charge in [0.25, 0.3) is 0 Å². The Bertz CT molecular complexity index is 958. The van der Waals surface area contributed by atoms with Crippen molar-refractivity contribution in [1.29, 1.82) is 0 Å². The second-order valence-electron chi connectivity index (χ2n) is 7.85. The van der Waals surface area contributed by atoms with E-state index < -0.39 is 0 Å². The normalized spacial score (nSPS) is 16.7. The maximum absolute atomic E-state index is 6.13. The number of ether oxygens (including phenoxy) is 1. The number of nitrogens with one attached hydrogen (secondary N) is 1. The lowest BCUT2D eigenvalue weighted by Gasteiger charge is -2.16. The van der Waals surface area contributed by atoms with Gasteiger partial charge in [-0.15, -0.1) is 0 Å². The number of likely N-dealkylation sites (tertiary alicyclic amines) is 1. The first-order valence-electron chi connectivity index (χ1n) is 10.2. The smallest absolute Gasteiger partial charge is 0.224 e. The number of benzene rings is 1. The van der Waals surface area contributed by atoms with E-state index >= 15 is 0 Å². The minimum atomic E-state index is 0.446. The molecule has 0 amide bonds. The summed E-state index contributed by atoms with van der Waals surface area (Å²) in [5, 5.41) is 8.34. The number of para-hydroxylation sites is 1. The van der Waals surface area contributed by atoms with Gasteiger partial charge >= 0.3 is 0 Å². The molecule has 2 aromatic heterocycles. The van der Waals surface area contributed by atoms with Crippen LogP contribution in [0.2, 0.25) is 5.02 Å². The molecule has 0 radical (unpaired) electrons. The molecule has 8 heteroatoms. The third kappa shape index (κ3) is 5.09. The highest BCUT2D eigenvalue weighted by Gasteiger charge is 2.26. The number of aromatic nitrogens is 4. The molecule has 0 bridgehead atoms. The SMILES string of the molecule is CN(C)c1ncc(CN2CC[C@H](c3cc(CCOc4ccccc4Cl)[nH]n3)C2)cn1. The van der Waals surface area contributed by atoms with E-state index in [1.165, 1.54) is 0 Å². The van der Waals surface area contributed by atoms with Crippen LogP contribution in [0, 0.1) is 0 Å². The Hall–Kier alpha value is -2.64. The van der Waals surface area contributed by atoms with Gasteiger partial charge in [-0.1, -0.05) is 23.7 Å². The largest absolute Gasteiger partial charge is 0.492 e. The van der Waals surface area contributed by atoms with E-state index in [1.54, 1.807) is 0 Å². The number of rotatable bonds is 8. The highest BCUT2D eigenvalue weighted by atomic mass is 35.5. The summed E-state index contributed by atoms with van der Waals surface area (Å²) in [4.78, 5) is 13.2. The van der Waals surface area contributed by atoms with Crippen LogP contribution in [0.4, 0.5) is 5.95 Å². The molecule has 30 heavy (non-hydrogen) atoms. The van der Waals surface area contributed by atoms with Gasteiger partial charge in [-0.05, 0) is 31.2 Å². The molecule has 158 valence electrons. The van der Waals surface area contributed by atoms with Crippen LogP contribution >= 0.6 is 11.6 Å². The van der Waals surface area contributed by atoms with Crippen LogP contribution in [-0.2, 0) is 13.0 Å². The van der Waals surface area contributed by atoms with Crippen molar-refractivity contribution < 1.29 is 4.74 Å². The lowest BCUT2D eigenvalue weighted by molar-refractivity contribution is 0.320. The Labute approximate surface area is 182 Å². The second kappa shape index (κ2) is 9.45. The fourth-order valence-electron chi connectivity index (χ4n) is 3.69. The van der Waals surface area contributed by atoms with Crippen molar-refractivity contribution in [3.05, 3.63) is 64.7 Å². The zero-order valence-electron chi connectivity index (χ0n) is 17.4. The summed E-state index contributed by atoms with van der Waals surface area (Å²) in [7, 11) is 3.89. The lowest BCUT2D eigenvalue weighted by Crippen LogP contribution is -2.20. The zero-order chi connectivity index (χ0) is 20.9. The predicted molar refractivity (Wildman–Crippen MR) is 118 cm³/mol. The summed E-state index contributed by atoms with van der Waals surface area (Å²) in [5.41, 5.74) is 3.35. The summed E-state index contributed by atoms with van der Waals surface area (Å²) < 4.78 is 5.78. The average Bonchev–Trinajstić information content (AvgIpc) is 3.39. The van der Waals surface area contributed by atoms with Crippen molar-refractivity contribution in [3.8, 4) is 5.75 Å². The zero-order valence-corrected chi connectivity index (χ0v) is 18.1. The van der Waals surface area contributed by atoms with Crippen LogP contribution < -0.4 is 9.64 Å². The lowest BCUT2D eigenvalue weighted by atomic mass is 10.0. The Morgan fingerprint density at radius 1 is 1.23 bits per heavy atom. The third-order valence-electron chi connectivity index (χ3n) is 5.30. The van der Waals surface area contributed by atoms with Gasteiger partial charge in [0.1, 0.15) is 5.75 Å². The van der Waals surface area contributed by atoms with Crippen molar-refractivity contribution in [2.45, 2.75) is 25.3 Å². The molecule has 1 aliphatic rings. The first kappa shape index (κ1) is 20.6. The predicted octanol–water partition coefficient (Wildman–Crippen LogP) is 3.53. The van der Waals surface area contributed by atoms with Gasteiger partial charge in [-0.3, -0.25) is 10.00 Å². The number of hydrogen-bond donors (Lipinski definition) is 1. The molecule has 0 aliphatic carbocycles. The van der Waals surface area contributed by atoms with Crippen molar-refractivity contribution in [2.24, 2.45) is 0 Å². The minimum Gasteiger partial charge on any atom is -0.492 e.